The van der Waals surface area contributed by atoms with Gasteiger partial charge >= 0.3 is 0 Å². The zero-order chi connectivity index (χ0) is 12.0. The van der Waals surface area contributed by atoms with Crippen molar-refractivity contribution in [1.82, 2.24) is 0 Å². The molecule has 1 rings (SSSR count). The molecule has 3 heteroatoms. The van der Waals surface area contributed by atoms with Gasteiger partial charge in [0.25, 0.3) is 0 Å². The van der Waals surface area contributed by atoms with E-state index in [0.717, 1.165) is 18.8 Å². The van der Waals surface area contributed by atoms with Gasteiger partial charge in [-0.3, -0.25) is 0 Å². The smallest absolute Gasteiger partial charge is 0.150 e. The van der Waals surface area contributed by atoms with Gasteiger partial charge in [0.05, 0.1) is 0 Å². The molecule has 1 atom stereocenters. The molecule has 0 heterocycles. The number of rotatable bonds is 6. The molecule has 0 bridgehead atoms. The van der Waals surface area contributed by atoms with Crippen molar-refractivity contribution in [2.24, 2.45) is 5.92 Å². The van der Waals surface area contributed by atoms with Crippen LogP contribution in [0.4, 0.5) is 0 Å². The molecular formula is C13H20Cl2Si. The molecular weight excluding hydrogens is 255 g/mol. The van der Waals surface area contributed by atoms with Crippen molar-refractivity contribution in [3.8, 4) is 0 Å². The van der Waals surface area contributed by atoms with Gasteiger partial charge in [-0.05, 0) is 23.4 Å². The molecule has 16 heavy (non-hydrogen) atoms. The van der Waals surface area contributed by atoms with E-state index in [9.17, 15) is 0 Å². The molecule has 0 saturated carbocycles. The van der Waals surface area contributed by atoms with E-state index in [1.54, 1.807) is 0 Å². The Morgan fingerprint density at radius 3 is 2.19 bits per heavy atom. The maximum Gasteiger partial charge on any atom is 0.240 e. The molecule has 0 aliphatic heterocycles. The Bertz CT molecular complexity index is 285. The number of hydrogen-bond donors (Lipinski definition) is 0. The van der Waals surface area contributed by atoms with E-state index in [1.165, 1.54) is 12.0 Å². The largest absolute Gasteiger partial charge is 0.240 e. The summed E-state index contributed by atoms with van der Waals surface area (Å²) >= 11 is 12.4. The quantitative estimate of drug-likeness (QED) is 0.520. The van der Waals surface area contributed by atoms with Gasteiger partial charge in [-0.15, -0.1) is 0 Å². The van der Waals surface area contributed by atoms with Gasteiger partial charge in [-0.1, -0.05) is 57.0 Å². The number of hydrogen-bond acceptors (Lipinski definition) is 0. The summed E-state index contributed by atoms with van der Waals surface area (Å²) in [6.07, 6.45) is 3.42. The van der Waals surface area contributed by atoms with E-state index >= 15 is 0 Å². The first-order chi connectivity index (χ1) is 7.59. The summed E-state index contributed by atoms with van der Waals surface area (Å²) in [5, 5.41) is 0. The molecule has 0 aliphatic rings. The van der Waals surface area contributed by atoms with Crippen LogP contribution in [0.5, 0.6) is 0 Å². The van der Waals surface area contributed by atoms with Crippen molar-refractivity contribution in [3.63, 3.8) is 0 Å². The average Bonchev–Trinajstić information content (AvgIpc) is 2.25. The van der Waals surface area contributed by atoms with Crippen molar-refractivity contribution in [2.45, 2.75) is 38.7 Å². The molecule has 0 nitrogen and oxygen atoms in total. The van der Waals surface area contributed by atoms with Crippen LogP contribution in [-0.4, -0.2) is 7.42 Å². The monoisotopic (exact) mass is 274 g/mol. The standard InChI is InChI=1S/C13H20Cl2Si/c1-11(2)8-9-13(16(14)15)10-12-6-4-3-5-7-12/h3-7,11,13,16H,8-10H2,1-2H3. The predicted octanol–water partition coefficient (Wildman–Crippen LogP) is 4.73. The highest BCUT2D eigenvalue weighted by atomic mass is 35.7. The predicted molar refractivity (Wildman–Crippen MR) is 76.8 cm³/mol. The Kier molecular flexibility index (Phi) is 6.48. The Hall–Kier alpha value is 0.0169. The maximum absolute atomic E-state index is 6.18. The Morgan fingerprint density at radius 1 is 1.06 bits per heavy atom. The highest BCUT2D eigenvalue weighted by molar-refractivity contribution is 7.34. The molecule has 0 saturated heterocycles. The molecule has 1 aromatic rings. The van der Waals surface area contributed by atoms with Gasteiger partial charge in [0.1, 0.15) is 0 Å². The second-order valence-electron chi connectivity index (χ2n) is 4.76. The summed E-state index contributed by atoms with van der Waals surface area (Å²) in [6.45, 7) is 4.50. The lowest BCUT2D eigenvalue weighted by Crippen LogP contribution is -2.11. The van der Waals surface area contributed by atoms with E-state index in [4.69, 9.17) is 22.2 Å². The van der Waals surface area contributed by atoms with Crippen molar-refractivity contribution in [2.75, 3.05) is 0 Å². The van der Waals surface area contributed by atoms with Crippen LogP contribution in [0.3, 0.4) is 0 Å². The molecule has 0 spiro atoms. The van der Waals surface area contributed by atoms with Crippen LogP contribution < -0.4 is 0 Å². The first-order valence-corrected chi connectivity index (χ1v) is 10.1. The van der Waals surface area contributed by atoms with Gasteiger partial charge in [-0.25, -0.2) is 0 Å². The fraction of sp³-hybridized carbons (Fsp3) is 0.538. The van der Waals surface area contributed by atoms with Crippen LogP contribution in [0.2, 0.25) is 5.54 Å². The van der Waals surface area contributed by atoms with Crippen molar-refractivity contribution >= 4 is 29.6 Å². The fourth-order valence-corrected chi connectivity index (χ4v) is 3.97. The third-order valence-electron chi connectivity index (χ3n) is 2.81. The number of benzene rings is 1. The van der Waals surface area contributed by atoms with E-state index in [0.29, 0.717) is 5.54 Å². The van der Waals surface area contributed by atoms with E-state index < -0.39 is 7.42 Å². The van der Waals surface area contributed by atoms with Crippen LogP contribution in [-0.2, 0) is 6.42 Å². The minimum Gasteiger partial charge on any atom is -0.150 e. The molecule has 0 radical (unpaired) electrons. The fourth-order valence-electron chi connectivity index (χ4n) is 1.78. The Balaban J connectivity index is 2.51. The lowest BCUT2D eigenvalue weighted by atomic mass is 10.0. The average molecular weight is 275 g/mol. The molecule has 1 unspecified atom stereocenters. The second-order valence-corrected chi connectivity index (χ2v) is 9.86. The van der Waals surface area contributed by atoms with Gasteiger partial charge in [0.2, 0.25) is 7.42 Å². The van der Waals surface area contributed by atoms with Crippen molar-refractivity contribution < 1.29 is 0 Å². The van der Waals surface area contributed by atoms with E-state index in [-0.39, 0.29) is 0 Å². The summed E-state index contributed by atoms with van der Waals surface area (Å²) in [5.74, 6) is 0.736. The van der Waals surface area contributed by atoms with E-state index in [1.807, 2.05) is 6.07 Å². The van der Waals surface area contributed by atoms with Gasteiger partial charge in [0.15, 0.2) is 0 Å². The zero-order valence-corrected chi connectivity index (χ0v) is 12.7. The molecule has 0 fully saturated rings. The first kappa shape index (κ1) is 14.1. The summed E-state index contributed by atoms with van der Waals surface area (Å²) in [5.41, 5.74) is 1.86. The molecule has 1 aromatic carbocycles. The molecule has 0 N–H and O–H groups in total. The Labute approximate surface area is 110 Å². The molecule has 0 aliphatic carbocycles. The molecule has 0 amide bonds. The van der Waals surface area contributed by atoms with Crippen LogP contribution in [0, 0.1) is 5.92 Å². The van der Waals surface area contributed by atoms with Crippen molar-refractivity contribution in [1.29, 1.82) is 0 Å². The summed E-state index contributed by atoms with van der Waals surface area (Å²) in [6, 6.07) is 10.5. The summed E-state index contributed by atoms with van der Waals surface area (Å²) in [4.78, 5) is 0. The van der Waals surface area contributed by atoms with Crippen LogP contribution in [0.15, 0.2) is 30.3 Å². The minimum atomic E-state index is -1.57. The van der Waals surface area contributed by atoms with Crippen LogP contribution in [0.1, 0.15) is 32.3 Å². The van der Waals surface area contributed by atoms with Gasteiger partial charge < -0.3 is 0 Å². The normalized spacial score (nSPS) is 13.4. The van der Waals surface area contributed by atoms with Gasteiger partial charge in [0, 0.05) is 0 Å². The van der Waals surface area contributed by atoms with Crippen molar-refractivity contribution in [3.05, 3.63) is 35.9 Å². The molecule has 0 aromatic heterocycles. The maximum atomic E-state index is 6.18. The highest BCUT2D eigenvalue weighted by Gasteiger charge is 2.19. The highest BCUT2D eigenvalue weighted by Crippen LogP contribution is 2.28. The van der Waals surface area contributed by atoms with Gasteiger partial charge in [-0.2, -0.15) is 22.2 Å². The third-order valence-corrected chi connectivity index (χ3v) is 6.23. The summed E-state index contributed by atoms with van der Waals surface area (Å²) < 4.78 is 0. The third kappa shape index (κ3) is 5.38. The molecule has 90 valence electrons. The lowest BCUT2D eigenvalue weighted by Gasteiger charge is -2.17. The Morgan fingerprint density at radius 2 is 1.69 bits per heavy atom. The second kappa shape index (κ2) is 7.36. The van der Waals surface area contributed by atoms with Crippen LogP contribution in [0.25, 0.3) is 0 Å². The zero-order valence-electron chi connectivity index (χ0n) is 10.00. The van der Waals surface area contributed by atoms with E-state index in [2.05, 4.69) is 38.1 Å². The lowest BCUT2D eigenvalue weighted by molar-refractivity contribution is 0.536. The topological polar surface area (TPSA) is 0 Å². The minimum absolute atomic E-state index is 0.508. The summed E-state index contributed by atoms with van der Waals surface area (Å²) in [7, 11) is -1.57. The SMILES string of the molecule is CC(C)CCC(Cc1ccccc1)[SiH](Cl)Cl. The number of halogens is 2. The first-order valence-electron chi connectivity index (χ1n) is 5.91. The van der Waals surface area contributed by atoms with Crippen LogP contribution >= 0.6 is 22.2 Å².